The molecule has 1 heterocycles. The second-order valence-electron chi connectivity index (χ2n) is 7.37. The van der Waals surface area contributed by atoms with Gasteiger partial charge < -0.3 is 4.74 Å². The van der Waals surface area contributed by atoms with E-state index in [2.05, 4.69) is 22.0 Å². The number of thiophene rings is 1. The summed E-state index contributed by atoms with van der Waals surface area (Å²) in [6, 6.07) is 18.9. The molecular formula is C25H20BrFNNaO4S2. The molecule has 0 aliphatic carbocycles. The van der Waals surface area contributed by atoms with Gasteiger partial charge in [-0.1, -0.05) is 40.2 Å². The summed E-state index contributed by atoms with van der Waals surface area (Å²) in [5, 5.41) is 1.13. The van der Waals surface area contributed by atoms with E-state index in [9.17, 15) is 17.6 Å². The van der Waals surface area contributed by atoms with Gasteiger partial charge in [0.25, 0.3) is 15.9 Å². The first-order valence-electron chi connectivity index (χ1n) is 10.1. The number of hydrogen-bond acceptors (Lipinski definition) is 5. The van der Waals surface area contributed by atoms with Gasteiger partial charge in [-0.3, -0.25) is 4.79 Å². The Balaban J connectivity index is 0.00000342. The minimum atomic E-state index is -4.19. The Hall–Kier alpha value is -2.01. The van der Waals surface area contributed by atoms with E-state index < -0.39 is 21.7 Å². The van der Waals surface area contributed by atoms with Gasteiger partial charge in [0.1, 0.15) is 16.5 Å². The molecule has 0 unspecified atom stereocenters. The van der Waals surface area contributed by atoms with Gasteiger partial charge in [0, 0.05) is 26.5 Å². The van der Waals surface area contributed by atoms with E-state index in [1.165, 1.54) is 37.5 Å². The zero-order valence-electron chi connectivity index (χ0n) is 17.9. The molecule has 0 saturated carbocycles. The molecule has 0 bridgehead atoms. The van der Waals surface area contributed by atoms with Gasteiger partial charge in [0.2, 0.25) is 0 Å². The number of sulfonamides is 1. The minimum absolute atomic E-state index is 0. The Bertz CT molecular complexity index is 1490. The van der Waals surface area contributed by atoms with Crippen molar-refractivity contribution in [1.82, 2.24) is 4.72 Å². The summed E-state index contributed by atoms with van der Waals surface area (Å²) < 4.78 is 48.1. The third-order valence-corrected chi connectivity index (χ3v) is 7.99. The molecule has 0 aliphatic rings. The zero-order chi connectivity index (χ0) is 24.3. The van der Waals surface area contributed by atoms with Crippen LogP contribution in [0.5, 0.6) is 5.75 Å². The van der Waals surface area contributed by atoms with Crippen LogP contribution in [0.3, 0.4) is 0 Å². The van der Waals surface area contributed by atoms with Crippen LogP contribution in [-0.2, 0) is 21.2 Å². The number of hydrogen-bond donors (Lipinski definition) is 1. The number of carbonyl (C=O) groups is 1. The first-order valence-corrected chi connectivity index (χ1v) is 13.2. The van der Waals surface area contributed by atoms with Gasteiger partial charge in [-0.25, -0.2) is 17.5 Å². The Morgan fingerprint density at radius 1 is 1.11 bits per heavy atom. The SMILES string of the molecule is COc1ccc(Br)cc1S(=O)(=O)NC(=O)C=Cc1cc(F)ccc1Cc1cc2ccccc2s1.[NaH]. The summed E-state index contributed by atoms with van der Waals surface area (Å²) >= 11 is 4.86. The number of amides is 1. The van der Waals surface area contributed by atoms with Gasteiger partial charge in [-0.05, 0) is 65.1 Å². The Kier molecular flexibility index (Phi) is 9.31. The van der Waals surface area contributed by atoms with Crippen LogP contribution in [0, 0.1) is 5.82 Å². The molecule has 10 heteroatoms. The summed E-state index contributed by atoms with van der Waals surface area (Å²) in [6.45, 7) is 0. The molecule has 5 nitrogen and oxygen atoms in total. The number of rotatable bonds is 7. The molecule has 0 radical (unpaired) electrons. The van der Waals surface area contributed by atoms with Gasteiger partial charge in [0.15, 0.2) is 0 Å². The number of carbonyl (C=O) groups excluding carboxylic acids is 1. The normalized spacial score (nSPS) is 11.4. The second-order valence-corrected chi connectivity index (χ2v) is 11.1. The van der Waals surface area contributed by atoms with E-state index in [-0.39, 0.29) is 40.2 Å². The molecule has 0 aliphatic heterocycles. The number of benzene rings is 3. The number of fused-ring (bicyclic) bond motifs is 1. The van der Waals surface area contributed by atoms with Crippen LogP contribution < -0.4 is 9.46 Å². The summed E-state index contributed by atoms with van der Waals surface area (Å²) in [4.78, 5) is 13.4. The van der Waals surface area contributed by atoms with Crippen molar-refractivity contribution in [3.8, 4) is 5.75 Å². The summed E-state index contributed by atoms with van der Waals surface area (Å²) in [5.74, 6) is -1.21. The Morgan fingerprint density at radius 3 is 2.63 bits per heavy atom. The van der Waals surface area contributed by atoms with E-state index >= 15 is 0 Å². The topological polar surface area (TPSA) is 72.5 Å². The molecule has 176 valence electrons. The Morgan fingerprint density at radius 2 is 1.89 bits per heavy atom. The van der Waals surface area contributed by atoms with Gasteiger partial charge in [0.05, 0.1) is 7.11 Å². The molecule has 35 heavy (non-hydrogen) atoms. The van der Waals surface area contributed by atoms with Crippen LogP contribution in [0.15, 0.2) is 82.2 Å². The monoisotopic (exact) mass is 583 g/mol. The van der Waals surface area contributed by atoms with Gasteiger partial charge in [-0.2, -0.15) is 0 Å². The van der Waals surface area contributed by atoms with Gasteiger partial charge >= 0.3 is 29.6 Å². The van der Waals surface area contributed by atoms with E-state index in [1.807, 2.05) is 29.0 Å². The van der Waals surface area contributed by atoms with E-state index in [4.69, 9.17) is 4.74 Å². The van der Waals surface area contributed by atoms with Crippen molar-refractivity contribution in [2.24, 2.45) is 0 Å². The predicted molar refractivity (Wildman–Crippen MR) is 143 cm³/mol. The molecular weight excluding hydrogens is 564 g/mol. The van der Waals surface area contributed by atoms with E-state index in [1.54, 1.807) is 23.5 Å². The van der Waals surface area contributed by atoms with Crippen molar-refractivity contribution in [1.29, 1.82) is 0 Å². The molecule has 1 N–H and O–H groups in total. The zero-order valence-corrected chi connectivity index (χ0v) is 21.1. The van der Waals surface area contributed by atoms with Crippen molar-refractivity contribution in [3.63, 3.8) is 0 Å². The standard InChI is InChI=1S/C25H19BrFNO4S2.Na.H/c1-32-22-10-8-19(26)15-24(22)34(30,31)28-25(29)11-7-16-12-20(27)9-6-17(16)13-21-14-18-4-2-3-5-23(18)33-21;;/h2-12,14-15H,13H2,1H3,(H,28,29);;. The van der Waals surface area contributed by atoms with E-state index in [0.717, 1.165) is 26.6 Å². The molecule has 1 aromatic heterocycles. The van der Waals surface area contributed by atoms with Gasteiger partial charge in [-0.15, -0.1) is 11.3 Å². The van der Waals surface area contributed by atoms with E-state index in [0.29, 0.717) is 16.5 Å². The maximum atomic E-state index is 13.9. The third kappa shape index (κ3) is 6.81. The molecule has 3 aromatic carbocycles. The number of nitrogens with one attached hydrogen (secondary N) is 1. The van der Waals surface area contributed by atoms with Crippen LogP contribution >= 0.6 is 27.3 Å². The van der Waals surface area contributed by atoms with Crippen molar-refractivity contribution < 1.29 is 22.3 Å². The average molecular weight is 584 g/mol. The van der Waals surface area contributed by atoms with Crippen LogP contribution in [0.1, 0.15) is 16.0 Å². The molecule has 0 spiro atoms. The number of ether oxygens (including phenoxy) is 1. The average Bonchev–Trinajstić information content (AvgIpc) is 3.21. The molecule has 1 amide bonds. The molecule has 0 atom stereocenters. The quantitative estimate of drug-likeness (QED) is 0.237. The fourth-order valence-corrected chi connectivity index (χ4v) is 6.18. The van der Waals surface area contributed by atoms with Crippen LogP contribution in [0.25, 0.3) is 16.2 Å². The maximum absolute atomic E-state index is 13.9. The van der Waals surface area contributed by atoms with Crippen LogP contribution in [0.4, 0.5) is 4.39 Å². The fourth-order valence-electron chi connectivity index (χ4n) is 3.44. The van der Waals surface area contributed by atoms with Crippen molar-refractivity contribution >= 4 is 88.9 Å². The summed E-state index contributed by atoms with van der Waals surface area (Å²) in [6.07, 6.45) is 3.04. The predicted octanol–water partition coefficient (Wildman–Crippen LogP) is 5.27. The fraction of sp³-hybridized carbons (Fsp3) is 0.0800. The van der Waals surface area contributed by atoms with Crippen molar-refractivity contribution in [3.05, 3.63) is 99.1 Å². The molecule has 4 aromatic rings. The molecule has 0 saturated heterocycles. The van der Waals surface area contributed by atoms with Crippen LogP contribution in [0.2, 0.25) is 0 Å². The molecule has 0 fully saturated rings. The van der Waals surface area contributed by atoms with Crippen molar-refractivity contribution in [2.75, 3.05) is 7.11 Å². The Labute approximate surface area is 237 Å². The van der Waals surface area contributed by atoms with Crippen LogP contribution in [-0.4, -0.2) is 51.0 Å². The second kappa shape index (κ2) is 11.8. The number of methoxy groups -OCH3 is 1. The number of halogens is 2. The summed E-state index contributed by atoms with van der Waals surface area (Å²) in [7, 11) is -2.85. The molecule has 4 rings (SSSR count). The first kappa shape index (κ1) is 27.6. The first-order chi connectivity index (χ1) is 16.2. The third-order valence-electron chi connectivity index (χ3n) is 5.01. The summed E-state index contributed by atoms with van der Waals surface area (Å²) in [5.41, 5.74) is 1.30. The van der Waals surface area contributed by atoms with Crippen molar-refractivity contribution in [2.45, 2.75) is 11.3 Å².